The quantitative estimate of drug-likeness (QED) is 0.515. The van der Waals surface area contributed by atoms with Gasteiger partial charge < -0.3 is 14.8 Å². The first kappa shape index (κ1) is 22.9. The number of allylic oxidation sites excluding steroid dienone is 2. The Morgan fingerprint density at radius 3 is 2.09 bits per heavy atom. The van der Waals surface area contributed by atoms with E-state index in [1.807, 2.05) is 0 Å². The zero-order valence-corrected chi connectivity index (χ0v) is 19.0. The van der Waals surface area contributed by atoms with Gasteiger partial charge in [-0.1, -0.05) is 18.2 Å². The number of nitrogens with one attached hydrogen (secondary N) is 1. The molecule has 1 N–H and O–H groups in total. The Labute approximate surface area is 196 Å². The number of esters is 2. The van der Waals surface area contributed by atoms with E-state index in [2.05, 4.69) is 10.3 Å². The van der Waals surface area contributed by atoms with Crippen molar-refractivity contribution in [1.29, 1.82) is 0 Å². The maximum Gasteiger partial charge on any atom is 0.336 e. The number of hydrogen-bond acceptors (Lipinski definition) is 8. The highest BCUT2D eigenvalue weighted by Crippen LogP contribution is 2.38. The first-order valence-electron chi connectivity index (χ1n) is 10.6. The molecular formula is C25H23N3O6. The average Bonchev–Trinajstić information content (AvgIpc) is 3.08. The van der Waals surface area contributed by atoms with E-state index < -0.39 is 29.7 Å². The van der Waals surface area contributed by atoms with Crippen molar-refractivity contribution in [2.75, 3.05) is 20.3 Å². The van der Waals surface area contributed by atoms with E-state index in [-0.39, 0.29) is 24.3 Å². The SMILES string of the molecule is COC(=O)C1=C(C)NC(C)=C(C(=O)OCCN2C(=O)c3ccccc3C2=O)C1c1ccccn1. The van der Waals surface area contributed by atoms with Crippen LogP contribution in [0.15, 0.2) is 71.2 Å². The van der Waals surface area contributed by atoms with Gasteiger partial charge in [-0.3, -0.25) is 19.5 Å². The van der Waals surface area contributed by atoms with Crippen LogP contribution < -0.4 is 5.32 Å². The molecule has 0 aliphatic carbocycles. The van der Waals surface area contributed by atoms with Crippen molar-refractivity contribution >= 4 is 23.8 Å². The van der Waals surface area contributed by atoms with Gasteiger partial charge in [0.2, 0.25) is 0 Å². The summed E-state index contributed by atoms with van der Waals surface area (Å²) >= 11 is 0. The van der Waals surface area contributed by atoms with Crippen LogP contribution in [0.1, 0.15) is 46.2 Å². The summed E-state index contributed by atoms with van der Waals surface area (Å²) < 4.78 is 10.4. The van der Waals surface area contributed by atoms with Crippen molar-refractivity contribution in [3.63, 3.8) is 0 Å². The zero-order valence-electron chi connectivity index (χ0n) is 19.0. The van der Waals surface area contributed by atoms with Crippen LogP contribution in [0, 0.1) is 0 Å². The van der Waals surface area contributed by atoms with Crippen LogP contribution in [0.5, 0.6) is 0 Å². The molecule has 2 aliphatic heterocycles. The van der Waals surface area contributed by atoms with Gasteiger partial charge in [0.15, 0.2) is 0 Å². The van der Waals surface area contributed by atoms with Gasteiger partial charge >= 0.3 is 11.9 Å². The number of rotatable bonds is 6. The van der Waals surface area contributed by atoms with Crippen LogP contribution in [0.3, 0.4) is 0 Å². The third-order valence-electron chi connectivity index (χ3n) is 5.80. The third-order valence-corrected chi connectivity index (χ3v) is 5.80. The number of carbonyl (C=O) groups excluding carboxylic acids is 4. The molecular weight excluding hydrogens is 438 g/mol. The molecule has 0 saturated heterocycles. The molecule has 9 nitrogen and oxygen atoms in total. The molecule has 4 rings (SSSR count). The molecule has 1 aromatic heterocycles. The van der Waals surface area contributed by atoms with Crippen LogP contribution in [-0.2, 0) is 19.1 Å². The minimum atomic E-state index is -0.804. The molecule has 3 heterocycles. The fraction of sp³-hybridized carbons (Fsp3) is 0.240. The fourth-order valence-corrected chi connectivity index (χ4v) is 4.24. The maximum absolute atomic E-state index is 13.2. The summed E-state index contributed by atoms with van der Waals surface area (Å²) in [5, 5.41) is 3.04. The summed E-state index contributed by atoms with van der Waals surface area (Å²) in [6.07, 6.45) is 1.57. The number of benzene rings is 1. The van der Waals surface area contributed by atoms with Gasteiger partial charge in [-0.2, -0.15) is 0 Å². The second-order valence-corrected chi connectivity index (χ2v) is 7.82. The second-order valence-electron chi connectivity index (χ2n) is 7.82. The number of imide groups is 1. The van der Waals surface area contributed by atoms with E-state index in [9.17, 15) is 19.2 Å². The van der Waals surface area contributed by atoms with Gasteiger partial charge in [-0.25, -0.2) is 9.59 Å². The monoisotopic (exact) mass is 461 g/mol. The lowest BCUT2D eigenvalue weighted by molar-refractivity contribution is -0.139. The number of aromatic nitrogens is 1. The predicted molar refractivity (Wildman–Crippen MR) is 120 cm³/mol. The molecule has 2 aliphatic rings. The summed E-state index contributed by atoms with van der Waals surface area (Å²) in [6, 6.07) is 11.8. The molecule has 34 heavy (non-hydrogen) atoms. The highest BCUT2D eigenvalue weighted by atomic mass is 16.5. The molecule has 9 heteroatoms. The number of pyridine rings is 1. The minimum absolute atomic E-state index is 0.0924. The molecule has 1 atom stereocenters. The molecule has 1 unspecified atom stereocenters. The smallest absolute Gasteiger partial charge is 0.336 e. The first-order chi connectivity index (χ1) is 16.3. The summed E-state index contributed by atoms with van der Waals surface area (Å²) in [6.45, 7) is 3.13. The van der Waals surface area contributed by atoms with Crippen molar-refractivity contribution < 1.29 is 28.7 Å². The topological polar surface area (TPSA) is 115 Å². The van der Waals surface area contributed by atoms with E-state index >= 15 is 0 Å². The molecule has 0 radical (unpaired) electrons. The number of amides is 2. The summed E-state index contributed by atoms with van der Waals surface area (Å²) in [4.78, 5) is 56.3. The number of hydrogen-bond donors (Lipinski definition) is 1. The Morgan fingerprint density at radius 1 is 0.941 bits per heavy atom. The Hall–Kier alpha value is -4.27. The van der Waals surface area contributed by atoms with Gasteiger partial charge in [0.1, 0.15) is 6.61 Å². The molecule has 0 spiro atoms. The van der Waals surface area contributed by atoms with Crippen molar-refractivity contribution in [1.82, 2.24) is 15.2 Å². The predicted octanol–water partition coefficient (Wildman–Crippen LogP) is 2.33. The van der Waals surface area contributed by atoms with E-state index in [0.717, 1.165) is 4.90 Å². The Balaban J connectivity index is 1.55. The standard InChI is InChI=1S/C25H23N3O6/c1-14-19(24(31)33-3)21(18-10-6-7-11-26-18)20(15(2)27-14)25(32)34-13-12-28-22(29)16-8-4-5-9-17(16)23(28)30/h4-11,21,27H,12-13H2,1-3H3. The lowest BCUT2D eigenvalue weighted by Crippen LogP contribution is -2.35. The summed E-state index contributed by atoms with van der Waals surface area (Å²) in [7, 11) is 1.27. The zero-order chi connectivity index (χ0) is 24.4. The highest BCUT2D eigenvalue weighted by molar-refractivity contribution is 6.21. The van der Waals surface area contributed by atoms with E-state index in [1.165, 1.54) is 7.11 Å². The first-order valence-corrected chi connectivity index (χ1v) is 10.6. The lowest BCUT2D eigenvalue weighted by Gasteiger charge is -2.29. The molecule has 0 fully saturated rings. The molecule has 174 valence electrons. The second kappa shape index (κ2) is 9.30. The van der Waals surface area contributed by atoms with E-state index in [1.54, 1.807) is 62.5 Å². The molecule has 0 bridgehead atoms. The molecule has 2 aromatic rings. The van der Waals surface area contributed by atoms with E-state index in [4.69, 9.17) is 9.47 Å². The van der Waals surface area contributed by atoms with Gasteiger partial charge in [-0.05, 0) is 38.1 Å². The van der Waals surface area contributed by atoms with Gasteiger partial charge in [0.05, 0.1) is 47.5 Å². The number of ether oxygens (including phenoxy) is 2. The molecule has 0 saturated carbocycles. The van der Waals surface area contributed by atoms with Gasteiger partial charge in [-0.15, -0.1) is 0 Å². The largest absolute Gasteiger partial charge is 0.466 e. The summed E-state index contributed by atoms with van der Waals surface area (Å²) in [5.74, 6) is -2.94. The molecule has 2 amide bonds. The van der Waals surface area contributed by atoms with Crippen LogP contribution in [0.2, 0.25) is 0 Å². The van der Waals surface area contributed by atoms with Crippen LogP contribution >= 0.6 is 0 Å². The normalized spacial score (nSPS) is 17.5. The van der Waals surface area contributed by atoms with Crippen LogP contribution in [-0.4, -0.2) is 53.9 Å². The number of nitrogens with zero attached hydrogens (tertiary/aromatic N) is 2. The van der Waals surface area contributed by atoms with Crippen molar-refractivity contribution in [2.24, 2.45) is 0 Å². The van der Waals surface area contributed by atoms with Crippen molar-refractivity contribution in [3.8, 4) is 0 Å². The lowest BCUT2D eigenvalue weighted by atomic mass is 9.83. The fourth-order valence-electron chi connectivity index (χ4n) is 4.24. The maximum atomic E-state index is 13.2. The van der Waals surface area contributed by atoms with Gasteiger partial charge in [0, 0.05) is 17.6 Å². The van der Waals surface area contributed by atoms with Crippen LogP contribution in [0.25, 0.3) is 0 Å². The van der Waals surface area contributed by atoms with E-state index in [0.29, 0.717) is 28.2 Å². The number of dihydropyridines is 1. The summed E-state index contributed by atoms with van der Waals surface area (Å²) in [5.41, 5.74) is 2.63. The molecule has 1 aromatic carbocycles. The highest BCUT2D eigenvalue weighted by Gasteiger charge is 2.39. The third kappa shape index (κ3) is 3.96. The van der Waals surface area contributed by atoms with Gasteiger partial charge in [0.25, 0.3) is 11.8 Å². The Morgan fingerprint density at radius 2 is 1.53 bits per heavy atom. The average molecular weight is 461 g/mol. The minimum Gasteiger partial charge on any atom is -0.466 e. The number of methoxy groups -OCH3 is 1. The Bertz CT molecular complexity index is 1210. The van der Waals surface area contributed by atoms with Crippen molar-refractivity contribution in [2.45, 2.75) is 19.8 Å². The number of fused-ring (bicyclic) bond motifs is 1. The number of carbonyl (C=O) groups is 4. The van der Waals surface area contributed by atoms with Crippen molar-refractivity contribution in [3.05, 3.63) is 88.0 Å². The van der Waals surface area contributed by atoms with Crippen LogP contribution in [0.4, 0.5) is 0 Å². The Kier molecular flexibility index (Phi) is 6.27.